The molecule has 0 saturated carbocycles. The molecule has 180 valence electrons. The first-order valence-corrected chi connectivity index (χ1v) is 10.8. The van der Waals surface area contributed by atoms with E-state index >= 15 is 0 Å². The molecular formula is C25H29N3O6. The van der Waals surface area contributed by atoms with E-state index in [0.717, 1.165) is 11.1 Å². The summed E-state index contributed by atoms with van der Waals surface area (Å²) in [4.78, 5) is 48.9. The van der Waals surface area contributed by atoms with E-state index in [2.05, 4.69) is 22.5 Å². The Bertz CT molecular complexity index is 981. The predicted molar refractivity (Wildman–Crippen MR) is 126 cm³/mol. The molecule has 0 radical (unpaired) electrons. The van der Waals surface area contributed by atoms with Gasteiger partial charge in [-0.15, -0.1) is 6.58 Å². The van der Waals surface area contributed by atoms with Crippen LogP contribution in [-0.2, 0) is 32.1 Å². The molecule has 0 saturated heterocycles. The largest absolute Gasteiger partial charge is 0.480 e. The Morgan fingerprint density at radius 2 is 1.47 bits per heavy atom. The lowest BCUT2D eigenvalue weighted by Gasteiger charge is -2.22. The Labute approximate surface area is 198 Å². The first-order valence-electron chi connectivity index (χ1n) is 10.8. The van der Waals surface area contributed by atoms with E-state index in [9.17, 15) is 24.3 Å². The highest BCUT2D eigenvalue weighted by molar-refractivity contribution is 5.92. The van der Waals surface area contributed by atoms with Crippen LogP contribution in [0.4, 0.5) is 4.79 Å². The van der Waals surface area contributed by atoms with E-state index in [1.807, 2.05) is 24.3 Å². The van der Waals surface area contributed by atoms with Gasteiger partial charge in [-0.25, -0.2) is 9.59 Å². The van der Waals surface area contributed by atoms with Crippen LogP contribution in [0.5, 0.6) is 0 Å². The average molecular weight is 468 g/mol. The van der Waals surface area contributed by atoms with Crippen molar-refractivity contribution in [1.82, 2.24) is 16.0 Å². The van der Waals surface area contributed by atoms with Crippen LogP contribution in [-0.4, -0.2) is 47.1 Å². The number of aliphatic carboxylic acids is 1. The fraction of sp³-hybridized carbons (Fsp3) is 0.280. The molecule has 0 fully saturated rings. The summed E-state index contributed by atoms with van der Waals surface area (Å²) < 4.78 is 5.22. The highest BCUT2D eigenvalue weighted by Gasteiger charge is 2.27. The zero-order valence-electron chi connectivity index (χ0n) is 18.9. The van der Waals surface area contributed by atoms with Gasteiger partial charge >= 0.3 is 12.1 Å². The highest BCUT2D eigenvalue weighted by Crippen LogP contribution is 2.06. The fourth-order valence-corrected chi connectivity index (χ4v) is 3.03. The van der Waals surface area contributed by atoms with Crippen molar-refractivity contribution in [3.63, 3.8) is 0 Å². The van der Waals surface area contributed by atoms with Crippen LogP contribution >= 0.6 is 0 Å². The topological polar surface area (TPSA) is 134 Å². The number of benzene rings is 2. The number of alkyl carbamates (subject to hydrolysis) is 1. The molecule has 0 aliphatic heterocycles. The molecule has 2 aromatic carbocycles. The van der Waals surface area contributed by atoms with Gasteiger partial charge in [0.15, 0.2) is 0 Å². The molecule has 3 atom stereocenters. The number of nitrogens with one attached hydrogen (secondary N) is 3. The molecule has 0 spiro atoms. The Hall–Kier alpha value is -4.14. The minimum atomic E-state index is -1.21. The van der Waals surface area contributed by atoms with Gasteiger partial charge < -0.3 is 25.8 Å². The van der Waals surface area contributed by atoms with Crippen LogP contribution in [0.1, 0.15) is 24.5 Å². The molecule has 0 bridgehead atoms. The van der Waals surface area contributed by atoms with E-state index in [1.165, 1.54) is 13.0 Å². The number of amides is 3. The van der Waals surface area contributed by atoms with Crippen molar-refractivity contribution in [3.8, 4) is 0 Å². The Morgan fingerprint density at radius 3 is 2.03 bits per heavy atom. The minimum Gasteiger partial charge on any atom is -0.480 e. The molecule has 0 aliphatic carbocycles. The lowest BCUT2D eigenvalue weighted by Crippen LogP contribution is -2.55. The van der Waals surface area contributed by atoms with E-state index in [-0.39, 0.29) is 19.4 Å². The number of carboxylic acid groups (broad SMARTS) is 1. The van der Waals surface area contributed by atoms with Crippen molar-refractivity contribution >= 4 is 23.9 Å². The quantitative estimate of drug-likeness (QED) is 0.354. The van der Waals surface area contributed by atoms with E-state index in [1.54, 1.807) is 36.4 Å². The molecule has 9 heteroatoms. The van der Waals surface area contributed by atoms with Gasteiger partial charge in [-0.05, 0) is 24.5 Å². The normalized spacial score (nSPS) is 13.0. The van der Waals surface area contributed by atoms with Crippen LogP contribution in [0.25, 0.3) is 0 Å². The minimum absolute atomic E-state index is 0.0328. The van der Waals surface area contributed by atoms with E-state index in [4.69, 9.17) is 4.74 Å². The summed E-state index contributed by atoms with van der Waals surface area (Å²) in [5.41, 5.74) is 1.58. The standard InChI is InChI=1S/C25H29N3O6/c1-3-10-20(24(31)32)27-22(29)17(2)26-23(30)21(15-18-11-6-4-7-12-18)28-25(33)34-16-19-13-8-5-9-14-19/h3-9,11-14,17,20-21H,1,10,15-16H2,2H3,(H,26,30)(H,27,29)(H,28,33)(H,31,32)/t17-,20+,21-/m0/s1. The van der Waals surface area contributed by atoms with E-state index in [0.29, 0.717) is 0 Å². The van der Waals surface area contributed by atoms with Gasteiger partial charge in [0.05, 0.1) is 0 Å². The third-order valence-corrected chi connectivity index (χ3v) is 4.87. The molecule has 9 nitrogen and oxygen atoms in total. The van der Waals surface area contributed by atoms with Gasteiger partial charge in [0, 0.05) is 6.42 Å². The first-order chi connectivity index (χ1) is 16.3. The van der Waals surface area contributed by atoms with Crippen LogP contribution in [0.15, 0.2) is 73.3 Å². The van der Waals surface area contributed by atoms with Crippen molar-refractivity contribution in [2.75, 3.05) is 0 Å². The average Bonchev–Trinajstić information content (AvgIpc) is 2.83. The van der Waals surface area contributed by atoms with Crippen molar-refractivity contribution in [3.05, 3.63) is 84.4 Å². The Balaban J connectivity index is 2.02. The molecule has 4 N–H and O–H groups in total. The second-order valence-electron chi connectivity index (χ2n) is 7.60. The van der Waals surface area contributed by atoms with Crippen LogP contribution in [0.2, 0.25) is 0 Å². The number of carboxylic acids is 1. The van der Waals surface area contributed by atoms with Crippen molar-refractivity contribution < 1.29 is 29.0 Å². The number of hydrogen-bond acceptors (Lipinski definition) is 5. The zero-order valence-corrected chi connectivity index (χ0v) is 18.9. The molecule has 3 amide bonds. The Morgan fingerprint density at radius 1 is 0.882 bits per heavy atom. The number of rotatable bonds is 12. The predicted octanol–water partition coefficient (Wildman–Crippen LogP) is 2.17. The zero-order chi connectivity index (χ0) is 24.9. The second kappa shape index (κ2) is 13.4. The highest BCUT2D eigenvalue weighted by atomic mass is 16.5. The SMILES string of the molecule is C=CC[C@@H](NC(=O)[C@H](C)NC(=O)[C@H](Cc1ccccc1)NC(=O)OCc1ccccc1)C(=O)O. The van der Waals surface area contributed by atoms with Crippen LogP contribution < -0.4 is 16.0 Å². The maximum atomic E-state index is 12.9. The van der Waals surface area contributed by atoms with Gasteiger partial charge in [-0.2, -0.15) is 0 Å². The smallest absolute Gasteiger partial charge is 0.408 e. The van der Waals surface area contributed by atoms with Gasteiger partial charge in [-0.3, -0.25) is 9.59 Å². The number of carbonyl (C=O) groups is 4. The number of carbonyl (C=O) groups excluding carboxylic acids is 3. The monoisotopic (exact) mass is 467 g/mol. The summed E-state index contributed by atoms with van der Waals surface area (Å²) in [6, 6.07) is 14.9. The molecule has 2 aromatic rings. The molecule has 0 unspecified atom stereocenters. The van der Waals surface area contributed by atoms with Crippen molar-refractivity contribution in [1.29, 1.82) is 0 Å². The third kappa shape index (κ3) is 8.78. The molecule has 2 rings (SSSR count). The van der Waals surface area contributed by atoms with Crippen LogP contribution in [0, 0.1) is 0 Å². The van der Waals surface area contributed by atoms with Crippen molar-refractivity contribution in [2.45, 2.75) is 44.5 Å². The summed E-state index contributed by atoms with van der Waals surface area (Å²) in [6.07, 6.45) is 0.792. The summed E-state index contributed by atoms with van der Waals surface area (Å²) in [7, 11) is 0. The fourth-order valence-electron chi connectivity index (χ4n) is 3.03. The molecule has 0 aliphatic rings. The molecule has 0 heterocycles. The Kier molecular flexibility index (Phi) is 10.3. The second-order valence-corrected chi connectivity index (χ2v) is 7.60. The van der Waals surface area contributed by atoms with Crippen LogP contribution in [0.3, 0.4) is 0 Å². The molecule has 34 heavy (non-hydrogen) atoms. The first kappa shape index (κ1) is 26.1. The van der Waals surface area contributed by atoms with E-state index < -0.39 is 42.0 Å². The van der Waals surface area contributed by atoms with Crippen molar-refractivity contribution in [2.24, 2.45) is 0 Å². The maximum absolute atomic E-state index is 12.9. The molecular weight excluding hydrogens is 438 g/mol. The summed E-state index contributed by atoms with van der Waals surface area (Å²) >= 11 is 0. The number of ether oxygens (including phenoxy) is 1. The summed E-state index contributed by atoms with van der Waals surface area (Å²) in [6.45, 7) is 4.93. The lowest BCUT2D eigenvalue weighted by molar-refractivity contribution is -0.142. The van der Waals surface area contributed by atoms with Gasteiger partial charge in [-0.1, -0.05) is 66.7 Å². The van der Waals surface area contributed by atoms with Gasteiger partial charge in [0.25, 0.3) is 0 Å². The van der Waals surface area contributed by atoms with Gasteiger partial charge in [0.1, 0.15) is 24.7 Å². The lowest BCUT2D eigenvalue weighted by atomic mass is 10.0. The number of hydrogen-bond donors (Lipinski definition) is 4. The van der Waals surface area contributed by atoms with Gasteiger partial charge in [0.2, 0.25) is 11.8 Å². The molecule has 0 aromatic heterocycles. The summed E-state index contributed by atoms with van der Waals surface area (Å²) in [5.74, 6) is -2.50. The maximum Gasteiger partial charge on any atom is 0.408 e. The third-order valence-electron chi connectivity index (χ3n) is 4.87. The summed E-state index contributed by atoms with van der Waals surface area (Å²) in [5, 5.41) is 16.6.